The molecule has 1 N–H and O–H groups in total. The van der Waals surface area contributed by atoms with Gasteiger partial charge < -0.3 is 10.2 Å². The molecular formula is C13H24N2O. The number of nitrogens with zero attached hydrogens (tertiary/aromatic N) is 1. The monoisotopic (exact) mass is 224 g/mol. The molecule has 0 aromatic carbocycles. The van der Waals surface area contributed by atoms with E-state index in [1.165, 1.54) is 19.3 Å². The molecule has 1 amide bonds. The van der Waals surface area contributed by atoms with Crippen molar-refractivity contribution >= 4 is 5.91 Å². The summed E-state index contributed by atoms with van der Waals surface area (Å²) in [6, 6.07) is 1.12. The van der Waals surface area contributed by atoms with Crippen LogP contribution in [0.1, 0.15) is 46.0 Å². The van der Waals surface area contributed by atoms with E-state index in [0.29, 0.717) is 18.0 Å². The van der Waals surface area contributed by atoms with Gasteiger partial charge >= 0.3 is 0 Å². The Morgan fingerprint density at radius 3 is 2.81 bits per heavy atom. The van der Waals surface area contributed by atoms with Gasteiger partial charge in [0.2, 0.25) is 5.91 Å². The molecular weight excluding hydrogens is 200 g/mol. The predicted octanol–water partition coefficient (Wildman–Crippen LogP) is 1.78. The molecule has 0 aromatic rings. The van der Waals surface area contributed by atoms with Crippen molar-refractivity contribution in [1.82, 2.24) is 10.2 Å². The molecule has 2 aliphatic rings. The van der Waals surface area contributed by atoms with Gasteiger partial charge in [0.25, 0.3) is 0 Å². The van der Waals surface area contributed by atoms with Gasteiger partial charge in [0.15, 0.2) is 0 Å². The molecule has 16 heavy (non-hydrogen) atoms. The van der Waals surface area contributed by atoms with E-state index >= 15 is 0 Å². The third-order valence-electron chi connectivity index (χ3n) is 3.85. The minimum atomic E-state index is 0.387. The van der Waals surface area contributed by atoms with Crippen LogP contribution in [0.3, 0.4) is 0 Å². The van der Waals surface area contributed by atoms with Gasteiger partial charge in [-0.25, -0.2) is 0 Å². The maximum absolute atomic E-state index is 12.0. The number of rotatable bonds is 5. The van der Waals surface area contributed by atoms with Crippen molar-refractivity contribution in [2.24, 2.45) is 5.92 Å². The first kappa shape index (κ1) is 11.9. The van der Waals surface area contributed by atoms with Crippen LogP contribution in [0.5, 0.6) is 0 Å². The number of carbonyl (C=O) groups is 1. The summed E-state index contributed by atoms with van der Waals surface area (Å²) in [6.07, 6.45) is 5.58. The highest BCUT2D eigenvalue weighted by Gasteiger charge is 2.39. The van der Waals surface area contributed by atoms with Gasteiger partial charge in [-0.1, -0.05) is 13.8 Å². The van der Waals surface area contributed by atoms with E-state index in [0.717, 1.165) is 31.8 Å². The molecule has 1 heterocycles. The average molecular weight is 224 g/mol. The maximum atomic E-state index is 12.0. The van der Waals surface area contributed by atoms with E-state index < -0.39 is 0 Å². The first-order valence-corrected chi connectivity index (χ1v) is 6.69. The summed E-state index contributed by atoms with van der Waals surface area (Å²) in [7, 11) is 0. The number of carbonyl (C=O) groups excluding carboxylic acids is 1. The zero-order valence-electron chi connectivity index (χ0n) is 10.5. The Balaban J connectivity index is 1.65. The summed E-state index contributed by atoms with van der Waals surface area (Å²) in [5.41, 5.74) is 0. The van der Waals surface area contributed by atoms with Crippen LogP contribution in [0, 0.1) is 5.92 Å². The van der Waals surface area contributed by atoms with Gasteiger partial charge in [0, 0.05) is 25.0 Å². The van der Waals surface area contributed by atoms with E-state index in [4.69, 9.17) is 0 Å². The molecule has 2 rings (SSSR count). The van der Waals surface area contributed by atoms with Crippen molar-refractivity contribution in [1.29, 1.82) is 0 Å². The van der Waals surface area contributed by atoms with Crippen LogP contribution >= 0.6 is 0 Å². The Morgan fingerprint density at radius 1 is 1.44 bits per heavy atom. The smallest absolute Gasteiger partial charge is 0.222 e. The van der Waals surface area contributed by atoms with Crippen molar-refractivity contribution < 1.29 is 4.79 Å². The number of amides is 1. The highest BCUT2D eigenvalue weighted by molar-refractivity contribution is 5.77. The van der Waals surface area contributed by atoms with Crippen LogP contribution in [0.25, 0.3) is 0 Å². The van der Waals surface area contributed by atoms with E-state index in [1.807, 2.05) is 0 Å². The van der Waals surface area contributed by atoms with E-state index in [1.54, 1.807) is 0 Å². The lowest BCUT2D eigenvalue weighted by atomic mass is 10.1. The fraction of sp³-hybridized carbons (Fsp3) is 0.923. The molecule has 2 fully saturated rings. The summed E-state index contributed by atoms with van der Waals surface area (Å²) in [6.45, 7) is 6.29. The van der Waals surface area contributed by atoms with Crippen molar-refractivity contribution in [3.05, 3.63) is 0 Å². The number of likely N-dealkylation sites (tertiary alicyclic amines) is 1. The number of hydrogen-bond donors (Lipinski definition) is 1. The third kappa shape index (κ3) is 2.76. The minimum Gasteiger partial charge on any atom is -0.339 e. The fourth-order valence-corrected chi connectivity index (χ4v) is 3.00. The molecule has 3 heteroatoms. The molecule has 92 valence electrons. The van der Waals surface area contributed by atoms with Gasteiger partial charge in [-0.15, -0.1) is 0 Å². The minimum absolute atomic E-state index is 0.387. The molecule has 1 saturated heterocycles. The highest BCUT2D eigenvalue weighted by Crippen LogP contribution is 2.37. The fourth-order valence-electron chi connectivity index (χ4n) is 3.00. The lowest BCUT2D eigenvalue weighted by Crippen LogP contribution is -2.38. The van der Waals surface area contributed by atoms with Gasteiger partial charge in [0.05, 0.1) is 0 Å². The molecule has 3 nitrogen and oxygen atoms in total. The number of nitrogens with one attached hydrogen (secondary N) is 1. The van der Waals surface area contributed by atoms with Crippen LogP contribution in [0.4, 0.5) is 0 Å². The Labute approximate surface area is 98.6 Å². The quantitative estimate of drug-likeness (QED) is 0.722. The normalized spacial score (nSPS) is 28.1. The molecule has 2 atom stereocenters. The van der Waals surface area contributed by atoms with Crippen molar-refractivity contribution in [2.75, 3.05) is 13.1 Å². The summed E-state index contributed by atoms with van der Waals surface area (Å²) in [4.78, 5) is 14.1. The van der Waals surface area contributed by atoms with E-state index in [2.05, 4.69) is 24.1 Å². The highest BCUT2D eigenvalue weighted by atomic mass is 16.2. The molecule has 1 aliphatic carbocycles. The largest absolute Gasteiger partial charge is 0.339 e. The van der Waals surface area contributed by atoms with Gasteiger partial charge in [0.1, 0.15) is 0 Å². The first-order chi connectivity index (χ1) is 7.66. The van der Waals surface area contributed by atoms with Gasteiger partial charge in [-0.2, -0.15) is 0 Å². The van der Waals surface area contributed by atoms with E-state index in [9.17, 15) is 4.79 Å². The number of piperidine rings is 1. The lowest BCUT2D eigenvalue weighted by molar-refractivity contribution is -0.132. The van der Waals surface area contributed by atoms with Gasteiger partial charge in [-0.3, -0.25) is 4.79 Å². The first-order valence-electron chi connectivity index (χ1n) is 6.69. The molecule has 0 spiro atoms. The molecule has 0 radical (unpaired) electrons. The summed E-state index contributed by atoms with van der Waals surface area (Å²) in [5, 5.41) is 3.35. The Kier molecular flexibility index (Phi) is 3.85. The van der Waals surface area contributed by atoms with Crippen molar-refractivity contribution in [2.45, 2.75) is 58.0 Å². The van der Waals surface area contributed by atoms with E-state index in [-0.39, 0.29) is 0 Å². The summed E-state index contributed by atoms with van der Waals surface area (Å²) < 4.78 is 0. The van der Waals surface area contributed by atoms with Crippen molar-refractivity contribution in [3.63, 3.8) is 0 Å². The third-order valence-corrected chi connectivity index (χ3v) is 3.85. The molecule has 2 unspecified atom stereocenters. The second-order valence-corrected chi connectivity index (χ2v) is 5.59. The zero-order valence-corrected chi connectivity index (χ0v) is 10.5. The number of fused-ring (bicyclic) bond motifs is 2. The van der Waals surface area contributed by atoms with Crippen molar-refractivity contribution in [3.8, 4) is 0 Å². The number of hydrogen-bond acceptors (Lipinski definition) is 2. The maximum Gasteiger partial charge on any atom is 0.222 e. The average Bonchev–Trinajstić information content (AvgIpc) is 2.85. The zero-order chi connectivity index (χ0) is 11.5. The van der Waals surface area contributed by atoms with Crippen LogP contribution in [-0.4, -0.2) is 36.0 Å². The second-order valence-electron chi connectivity index (χ2n) is 5.59. The SMILES string of the molecule is CC(C)NCCCC(=O)N1CC2CCC1C2. The molecule has 2 bridgehead atoms. The predicted molar refractivity (Wildman–Crippen MR) is 65.2 cm³/mol. The topological polar surface area (TPSA) is 32.3 Å². The molecule has 0 aromatic heterocycles. The second kappa shape index (κ2) is 5.17. The summed E-state index contributed by atoms with van der Waals surface area (Å²) >= 11 is 0. The van der Waals surface area contributed by atoms with Crippen LogP contribution in [0.15, 0.2) is 0 Å². The Bertz CT molecular complexity index is 252. The Hall–Kier alpha value is -0.570. The molecule has 1 aliphatic heterocycles. The van der Waals surface area contributed by atoms with Crippen LogP contribution in [0.2, 0.25) is 0 Å². The Morgan fingerprint density at radius 2 is 2.25 bits per heavy atom. The lowest BCUT2D eigenvalue weighted by Gasteiger charge is -2.27. The van der Waals surface area contributed by atoms with Crippen LogP contribution < -0.4 is 5.32 Å². The molecule has 1 saturated carbocycles. The standard InChI is InChI=1S/C13H24N2O/c1-10(2)14-7-3-4-13(16)15-9-11-5-6-12(15)8-11/h10-12,14H,3-9H2,1-2H3. The van der Waals surface area contributed by atoms with Gasteiger partial charge in [-0.05, 0) is 38.1 Å². The van der Waals surface area contributed by atoms with Crippen LogP contribution in [-0.2, 0) is 4.79 Å². The summed E-state index contributed by atoms with van der Waals surface area (Å²) in [5.74, 6) is 1.21.